The molecule has 1 aromatic carbocycles. The van der Waals surface area contributed by atoms with E-state index < -0.39 is 29.5 Å². The van der Waals surface area contributed by atoms with E-state index in [0.29, 0.717) is 6.54 Å². The fourth-order valence-electron chi connectivity index (χ4n) is 4.05. The molecule has 3 aliphatic rings. The monoisotopic (exact) mass is 299 g/mol. The fourth-order valence-corrected chi connectivity index (χ4v) is 4.05. The van der Waals surface area contributed by atoms with Crippen molar-refractivity contribution < 1.29 is 19.4 Å². The zero-order chi connectivity index (χ0) is 15.5. The lowest BCUT2D eigenvalue weighted by Gasteiger charge is -2.27. The molecule has 1 N–H and O–H groups in total. The minimum Gasteiger partial charge on any atom is -0.481 e. The second-order valence-electron chi connectivity index (χ2n) is 6.29. The molecule has 5 heteroatoms. The van der Waals surface area contributed by atoms with Crippen molar-refractivity contribution >= 4 is 11.9 Å². The first-order chi connectivity index (χ1) is 10.5. The van der Waals surface area contributed by atoms with Gasteiger partial charge in [0, 0.05) is 0 Å². The zero-order valence-electron chi connectivity index (χ0n) is 12.2. The molecule has 114 valence electrons. The van der Waals surface area contributed by atoms with Crippen LogP contribution in [0.5, 0.6) is 0 Å². The van der Waals surface area contributed by atoms with E-state index in [4.69, 9.17) is 4.74 Å². The predicted octanol–water partition coefficient (Wildman–Crippen LogP) is 1.61. The van der Waals surface area contributed by atoms with Crippen molar-refractivity contribution in [1.82, 2.24) is 4.90 Å². The largest absolute Gasteiger partial charge is 0.481 e. The average Bonchev–Trinajstić information content (AvgIpc) is 3.15. The molecular weight excluding hydrogens is 282 g/mol. The van der Waals surface area contributed by atoms with Crippen LogP contribution in [0.4, 0.5) is 0 Å². The Bertz CT molecular complexity index is 670. The van der Waals surface area contributed by atoms with Crippen LogP contribution >= 0.6 is 0 Å². The summed E-state index contributed by atoms with van der Waals surface area (Å²) in [5, 5.41) is 9.45. The molecule has 5 atom stereocenters. The van der Waals surface area contributed by atoms with Crippen LogP contribution < -0.4 is 0 Å². The molecule has 2 saturated heterocycles. The maximum absolute atomic E-state index is 12.8. The molecule has 22 heavy (non-hydrogen) atoms. The van der Waals surface area contributed by atoms with Crippen molar-refractivity contribution in [3.05, 3.63) is 48.0 Å². The number of hydrogen-bond donors (Lipinski definition) is 1. The summed E-state index contributed by atoms with van der Waals surface area (Å²) in [5.74, 6) is -2.45. The summed E-state index contributed by atoms with van der Waals surface area (Å²) >= 11 is 0. The van der Waals surface area contributed by atoms with Crippen molar-refractivity contribution in [2.24, 2.45) is 11.8 Å². The first-order valence-corrected chi connectivity index (χ1v) is 7.49. The Morgan fingerprint density at radius 3 is 2.82 bits per heavy atom. The molecule has 5 nitrogen and oxygen atoms in total. The molecule has 2 bridgehead atoms. The lowest BCUT2D eigenvalue weighted by Crippen LogP contribution is -2.39. The van der Waals surface area contributed by atoms with Gasteiger partial charge in [0.1, 0.15) is 11.5 Å². The maximum atomic E-state index is 12.8. The molecule has 4 rings (SSSR count). The van der Waals surface area contributed by atoms with Gasteiger partial charge in [0.25, 0.3) is 0 Å². The minimum absolute atomic E-state index is 0.0980. The third-order valence-corrected chi connectivity index (χ3v) is 5.16. The highest BCUT2D eigenvalue weighted by Gasteiger charge is 2.67. The lowest BCUT2D eigenvalue weighted by molar-refractivity contribution is -0.148. The van der Waals surface area contributed by atoms with E-state index in [2.05, 4.69) is 0 Å². The van der Waals surface area contributed by atoms with Gasteiger partial charge in [-0.1, -0.05) is 42.5 Å². The highest BCUT2D eigenvalue weighted by molar-refractivity contribution is 5.91. The minimum atomic E-state index is -0.955. The fraction of sp³-hybridized carbons (Fsp3) is 0.412. The van der Waals surface area contributed by atoms with Gasteiger partial charge in [-0.05, 0) is 12.5 Å². The lowest BCUT2D eigenvalue weighted by atomic mass is 9.77. The highest BCUT2D eigenvalue weighted by atomic mass is 16.5. The van der Waals surface area contributed by atoms with Crippen molar-refractivity contribution in [2.45, 2.75) is 24.7 Å². The summed E-state index contributed by atoms with van der Waals surface area (Å²) in [7, 11) is 0. The van der Waals surface area contributed by atoms with Gasteiger partial charge in [-0.3, -0.25) is 9.59 Å². The molecule has 3 heterocycles. The number of fused-ring (bicyclic) bond motifs is 1. The summed E-state index contributed by atoms with van der Waals surface area (Å²) in [5.41, 5.74) is 0.283. The van der Waals surface area contributed by atoms with Gasteiger partial charge < -0.3 is 14.7 Å². The van der Waals surface area contributed by atoms with E-state index in [-0.39, 0.29) is 11.9 Å². The summed E-state index contributed by atoms with van der Waals surface area (Å²) in [6.07, 6.45) is 3.21. The zero-order valence-corrected chi connectivity index (χ0v) is 12.2. The van der Waals surface area contributed by atoms with Gasteiger partial charge in [-0.2, -0.15) is 0 Å². The smallest absolute Gasteiger partial charge is 0.310 e. The molecule has 1 spiro atoms. The number of carboxylic acids is 1. The molecule has 0 aromatic heterocycles. The molecule has 0 radical (unpaired) electrons. The van der Waals surface area contributed by atoms with E-state index >= 15 is 0 Å². The topological polar surface area (TPSA) is 66.8 Å². The number of carboxylic acid groups (broad SMARTS) is 1. The third kappa shape index (κ3) is 1.63. The van der Waals surface area contributed by atoms with Crippen molar-refractivity contribution in [3.63, 3.8) is 0 Å². The van der Waals surface area contributed by atoms with Crippen LogP contribution in [0.3, 0.4) is 0 Å². The summed E-state index contributed by atoms with van der Waals surface area (Å²) in [6.45, 7) is 2.39. The van der Waals surface area contributed by atoms with E-state index in [1.54, 1.807) is 11.0 Å². The van der Waals surface area contributed by atoms with Crippen molar-refractivity contribution in [3.8, 4) is 0 Å². The Morgan fingerprint density at radius 1 is 1.41 bits per heavy atom. The van der Waals surface area contributed by atoms with Crippen LogP contribution in [0, 0.1) is 11.8 Å². The Kier molecular flexibility index (Phi) is 2.72. The van der Waals surface area contributed by atoms with Crippen LogP contribution in [0.15, 0.2) is 42.5 Å². The van der Waals surface area contributed by atoms with E-state index in [1.165, 1.54) is 0 Å². The molecule has 1 aromatic rings. The number of amides is 1. The van der Waals surface area contributed by atoms with E-state index in [1.807, 2.05) is 43.3 Å². The molecule has 1 amide bonds. The Balaban J connectivity index is 1.68. The van der Waals surface area contributed by atoms with Crippen molar-refractivity contribution in [1.29, 1.82) is 0 Å². The first-order valence-electron chi connectivity index (χ1n) is 7.49. The molecular formula is C17H17NO4. The highest BCUT2D eigenvalue weighted by Crippen LogP contribution is 2.53. The van der Waals surface area contributed by atoms with Crippen LogP contribution in [0.1, 0.15) is 18.5 Å². The number of carbonyl (C=O) groups is 2. The van der Waals surface area contributed by atoms with Crippen LogP contribution in [0.2, 0.25) is 0 Å². The number of benzene rings is 1. The second kappa shape index (κ2) is 4.43. The third-order valence-electron chi connectivity index (χ3n) is 5.16. The normalized spacial score (nSPS) is 36.7. The van der Waals surface area contributed by atoms with Gasteiger partial charge in [0.05, 0.1) is 24.6 Å². The van der Waals surface area contributed by atoms with E-state index in [9.17, 15) is 14.7 Å². The number of hydrogen-bond acceptors (Lipinski definition) is 3. The van der Waals surface area contributed by atoms with Gasteiger partial charge in [-0.15, -0.1) is 0 Å². The van der Waals surface area contributed by atoms with Gasteiger partial charge >= 0.3 is 5.97 Å². The Morgan fingerprint density at radius 2 is 2.14 bits per heavy atom. The molecule has 0 aliphatic carbocycles. The van der Waals surface area contributed by atoms with Gasteiger partial charge in [-0.25, -0.2) is 0 Å². The maximum Gasteiger partial charge on any atom is 0.310 e. The van der Waals surface area contributed by atoms with Gasteiger partial charge in [0.2, 0.25) is 5.91 Å². The SMILES string of the molecule is CC(c1ccccc1)N1C[C@@]23C=C[C@@H](O2)C(C(=O)O)[C@H]3C1=O. The summed E-state index contributed by atoms with van der Waals surface area (Å²) in [4.78, 5) is 26.1. The Hall–Kier alpha value is -2.14. The predicted molar refractivity (Wildman–Crippen MR) is 77.9 cm³/mol. The van der Waals surface area contributed by atoms with E-state index in [0.717, 1.165) is 5.56 Å². The molecule has 0 saturated carbocycles. The first kappa shape index (κ1) is 13.5. The molecule has 2 unspecified atom stereocenters. The number of ether oxygens (including phenoxy) is 1. The number of aliphatic carboxylic acids is 1. The summed E-state index contributed by atoms with van der Waals surface area (Å²) < 4.78 is 5.89. The van der Waals surface area contributed by atoms with Crippen molar-refractivity contribution in [2.75, 3.05) is 6.54 Å². The van der Waals surface area contributed by atoms with Crippen LogP contribution in [0.25, 0.3) is 0 Å². The number of nitrogens with zero attached hydrogens (tertiary/aromatic N) is 1. The second-order valence-corrected chi connectivity index (χ2v) is 6.29. The molecule has 3 aliphatic heterocycles. The van der Waals surface area contributed by atoms with Crippen LogP contribution in [-0.2, 0) is 14.3 Å². The number of likely N-dealkylation sites (tertiary alicyclic amines) is 1. The number of rotatable bonds is 3. The number of carbonyl (C=O) groups excluding carboxylic acids is 1. The standard InChI is InChI=1S/C17H17NO4/c1-10(11-5-3-2-4-6-11)18-9-17-8-7-12(22-17)13(16(20)21)14(17)15(18)19/h2-8,10,12-14H,9H2,1H3,(H,20,21)/t10?,12-,13?,14+,17-/m1/s1. The summed E-state index contributed by atoms with van der Waals surface area (Å²) in [6, 6.07) is 9.67. The van der Waals surface area contributed by atoms with Crippen LogP contribution in [-0.4, -0.2) is 40.1 Å². The van der Waals surface area contributed by atoms with Gasteiger partial charge in [0.15, 0.2) is 0 Å². The Labute approximate surface area is 128 Å². The quantitative estimate of drug-likeness (QED) is 0.861. The average molecular weight is 299 g/mol. The molecule has 2 fully saturated rings.